The van der Waals surface area contributed by atoms with E-state index in [-0.39, 0.29) is 5.91 Å². The lowest BCUT2D eigenvalue weighted by Crippen LogP contribution is -2.39. The molecule has 1 aliphatic carbocycles. The Morgan fingerprint density at radius 3 is 2.71 bits per heavy atom. The van der Waals surface area contributed by atoms with Crippen molar-refractivity contribution in [2.75, 3.05) is 13.1 Å². The van der Waals surface area contributed by atoms with Crippen LogP contribution in [0.1, 0.15) is 47.8 Å². The van der Waals surface area contributed by atoms with E-state index in [1.807, 2.05) is 11.1 Å². The Balaban J connectivity index is 1.34. The van der Waals surface area contributed by atoms with E-state index in [1.54, 1.807) is 18.4 Å². The Hall–Kier alpha value is -2.04. The number of piperidine rings is 1. The van der Waals surface area contributed by atoms with Crippen molar-refractivity contribution in [3.63, 3.8) is 0 Å². The lowest BCUT2D eigenvalue weighted by atomic mass is 9.93. The van der Waals surface area contributed by atoms with Crippen LogP contribution in [0.2, 0.25) is 0 Å². The Bertz CT molecular complexity index is 692. The zero-order valence-electron chi connectivity index (χ0n) is 14.3. The molecule has 4 rings (SSSR count). The maximum absolute atomic E-state index is 12.3. The van der Waals surface area contributed by atoms with Crippen molar-refractivity contribution in [2.45, 2.75) is 45.6 Å². The fourth-order valence-corrected chi connectivity index (χ4v) is 3.64. The van der Waals surface area contributed by atoms with Crippen molar-refractivity contribution in [3.8, 4) is 0 Å². The SMILES string of the molecule is Cc1cnc(CC2CCN(C(=O)c3ccco3)CC2)n1CC1CC1. The van der Waals surface area contributed by atoms with Crippen molar-refractivity contribution in [1.82, 2.24) is 14.5 Å². The van der Waals surface area contributed by atoms with Gasteiger partial charge >= 0.3 is 0 Å². The number of hydrogen-bond donors (Lipinski definition) is 0. The van der Waals surface area contributed by atoms with Crippen LogP contribution in [0.5, 0.6) is 0 Å². The Morgan fingerprint density at radius 1 is 1.25 bits per heavy atom. The summed E-state index contributed by atoms with van der Waals surface area (Å²) in [5.41, 5.74) is 1.28. The molecule has 5 heteroatoms. The molecular weight excluding hydrogens is 302 g/mol. The van der Waals surface area contributed by atoms with Crippen LogP contribution in [0.15, 0.2) is 29.0 Å². The van der Waals surface area contributed by atoms with Crippen LogP contribution in [-0.4, -0.2) is 33.4 Å². The van der Waals surface area contributed by atoms with Gasteiger partial charge in [-0.05, 0) is 56.6 Å². The lowest BCUT2D eigenvalue weighted by Gasteiger charge is -2.31. The van der Waals surface area contributed by atoms with Gasteiger partial charge in [0.25, 0.3) is 5.91 Å². The molecule has 0 aromatic carbocycles. The standard InChI is InChI=1S/C19H25N3O2/c1-14-12-20-18(22(14)13-16-4-5-16)11-15-6-8-21(9-7-15)19(23)17-3-2-10-24-17/h2-3,10,12,15-16H,4-9,11,13H2,1H3. The molecule has 1 amide bonds. The van der Waals surface area contributed by atoms with Crippen molar-refractivity contribution in [3.05, 3.63) is 41.9 Å². The number of hydrogen-bond acceptors (Lipinski definition) is 3. The number of aryl methyl sites for hydroxylation is 1. The molecule has 0 atom stereocenters. The molecule has 0 unspecified atom stereocenters. The van der Waals surface area contributed by atoms with Crippen LogP contribution in [0.4, 0.5) is 0 Å². The molecule has 2 aromatic rings. The average Bonchev–Trinajstić information content (AvgIpc) is 3.12. The summed E-state index contributed by atoms with van der Waals surface area (Å²) in [5.74, 6) is 3.18. The first-order chi connectivity index (χ1) is 11.7. The zero-order valence-corrected chi connectivity index (χ0v) is 14.3. The molecule has 0 N–H and O–H groups in total. The van der Waals surface area contributed by atoms with Crippen molar-refractivity contribution in [2.24, 2.45) is 11.8 Å². The van der Waals surface area contributed by atoms with Gasteiger partial charge in [0.05, 0.1) is 6.26 Å². The van der Waals surface area contributed by atoms with E-state index >= 15 is 0 Å². The summed E-state index contributed by atoms with van der Waals surface area (Å²) in [6.45, 7) is 4.92. The molecule has 5 nitrogen and oxygen atoms in total. The van der Waals surface area contributed by atoms with Gasteiger partial charge in [-0.15, -0.1) is 0 Å². The highest BCUT2D eigenvalue weighted by molar-refractivity contribution is 5.91. The Kier molecular flexibility index (Phi) is 4.17. The van der Waals surface area contributed by atoms with E-state index in [9.17, 15) is 4.79 Å². The zero-order chi connectivity index (χ0) is 16.5. The van der Waals surface area contributed by atoms with E-state index in [4.69, 9.17) is 4.42 Å². The number of carbonyl (C=O) groups excluding carboxylic acids is 1. The van der Waals surface area contributed by atoms with Gasteiger partial charge in [0.15, 0.2) is 5.76 Å². The van der Waals surface area contributed by atoms with Crippen molar-refractivity contribution < 1.29 is 9.21 Å². The molecule has 128 valence electrons. The highest BCUT2D eigenvalue weighted by Gasteiger charge is 2.27. The lowest BCUT2D eigenvalue weighted by molar-refractivity contribution is 0.0657. The Labute approximate surface area is 142 Å². The molecule has 0 spiro atoms. The largest absolute Gasteiger partial charge is 0.459 e. The third-order valence-corrected chi connectivity index (χ3v) is 5.38. The number of aromatic nitrogens is 2. The van der Waals surface area contributed by atoms with Gasteiger partial charge in [-0.3, -0.25) is 4.79 Å². The molecule has 0 bridgehead atoms. The van der Waals surface area contributed by atoms with E-state index in [0.29, 0.717) is 11.7 Å². The van der Waals surface area contributed by atoms with Crippen molar-refractivity contribution in [1.29, 1.82) is 0 Å². The topological polar surface area (TPSA) is 51.3 Å². The van der Waals surface area contributed by atoms with Crippen LogP contribution in [-0.2, 0) is 13.0 Å². The molecule has 2 aliphatic rings. The molecule has 1 aliphatic heterocycles. The second-order valence-electron chi connectivity index (χ2n) is 7.29. The van der Waals surface area contributed by atoms with E-state index < -0.39 is 0 Å². The highest BCUT2D eigenvalue weighted by Crippen LogP contribution is 2.32. The minimum absolute atomic E-state index is 0.0181. The first kappa shape index (κ1) is 15.5. The first-order valence-corrected chi connectivity index (χ1v) is 9.04. The summed E-state index contributed by atoms with van der Waals surface area (Å²) in [7, 11) is 0. The number of rotatable bonds is 5. The summed E-state index contributed by atoms with van der Waals surface area (Å²) in [6.07, 6.45) is 9.41. The van der Waals surface area contributed by atoms with Gasteiger partial charge in [-0.25, -0.2) is 4.98 Å². The molecule has 1 saturated carbocycles. The smallest absolute Gasteiger partial charge is 0.289 e. The quantitative estimate of drug-likeness (QED) is 0.847. The third kappa shape index (κ3) is 3.25. The van der Waals surface area contributed by atoms with E-state index in [1.165, 1.54) is 24.4 Å². The summed E-state index contributed by atoms with van der Waals surface area (Å²) in [5, 5.41) is 0. The number of likely N-dealkylation sites (tertiary alicyclic amines) is 1. The minimum atomic E-state index is 0.0181. The maximum atomic E-state index is 12.3. The summed E-state index contributed by atoms with van der Waals surface area (Å²) in [4.78, 5) is 18.9. The fraction of sp³-hybridized carbons (Fsp3) is 0.579. The molecule has 1 saturated heterocycles. The second-order valence-corrected chi connectivity index (χ2v) is 7.29. The fourth-order valence-electron chi connectivity index (χ4n) is 3.64. The van der Waals surface area contributed by atoms with Crippen LogP contribution in [0.25, 0.3) is 0 Å². The number of furan rings is 1. The average molecular weight is 327 g/mol. The molecular formula is C19H25N3O2. The first-order valence-electron chi connectivity index (χ1n) is 9.04. The predicted octanol–water partition coefficient (Wildman–Crippen LogP) is 3.29. The number of imidazole rings is 1. The van der Waals surface area contributed by atoms with Gasteiger partial charge < -0.3 is 13.9 Å². The summed E-state index contributed by atoms with van der Waals surface area (Å²) >= 11 is 0. The normalized spacial score (nSPS) is 19.0. The van der Waals surface area contributed by atoms with Crippen LogP contribution in [0.3, 0.4) is 0 Å². The van der Waals surface area contributed by atoms with Crippen molar-refractivity contribution >= 4 is 5.91 Å². The van der Waals surface area contributed by atoms with E-state index in [0.717, 1.165) is 44.8 Å². The summed E-state index contributed by atoms with van der Waals surface area (Å²) in [6, 6.07) is 3.51. The molecule has 2 aromatic heterocycles. The monoisotopic (exact) mass is 327 g/mol. The number of amides is 1. The van der Waals surface area contributed by atoms with Crippen LogP contribution in [0, 0.1) is 18.8 Å². The number of carbonyl (C=O) groups is 1. The minimum Gasteiger partial charge on any atom is -0.459 e. The van der Waals surface area contributed by atoms with Gasteiger partial charge in [-0.2, -0.15) is 0 Å². The van der Waals surface area contributed by atoms with Gasteiger partial charge in [-0.1, -0.05) is 0 Å². The second kappa shape index (κ2) is 6.46. The van der Waals surface area contributed by atoms with Gasteiger partial charge in [0.1, 0.15) is 5.82 Å². The van der Waals surface area contributed by atoms with Gasteiger partial charge in [0, 0.05) is 37.9 Å². The van der Waals surface area contributed by atoms with Crippen LogP contribution >= 0.6 is 0 Å². The molecule has 24 heavy (non-hydrogen) atoms. The van der Waals surface area contributed by atoms with Gasteiger partial charge in [0.2, 0.25) is 0 Å². The third-order valence-electron chi connectivity index (χ3n) is 5.38. The number of nitrogens with zero attached hydrogens (tertiary/aromatic N) is 3. The highest BCUT2D eigenvalue weighted by atomic mass is 16.3. The molecule has 3 heterocycles. The predicted molar refractivity (Wildman–Crippen MR) is 90.7 cm³/mol. The van der Waals surface area contributed by atoms with Crippen LogP contribution < -0.4 is 0 Å². The molecule has 0 radical (unpaired) electrons. The maximum Gasteiger partial charge on any atom is 0.289 e. The summed E-state index contributed by atoms with van der Waals surface area (Å²) < 4.78 is 7.64. The van der Waals surface area contributed by atoms with E-state index in [2.05, 4.69) is 16.5 Å². The molecule has 2 fully saturated rings. The Morgan fingerprint density at radius 2 is 2.04 bits per heavy atom.